The molecule has 0 unspecified atom stereocenters. The first-order chi connectivity index (χ1) is 4.92. The van der Waals surface area contributed by atoms with E-state index in [1.165, 1.54) is 0 Å². The van der Waals surface area contributed by atoms with Gasteiger partial charge in [-0.05, 0) is 38.2 Å². The first kappa shape index (κ1) is 11.6. The lowest BCUT2D eigenvalue weighted by Crippen LogP contribution is -2.17. The molecule has 66 valence electrons. The SMILES string of the molecule is CC(=S)SCCC[Si](C)(C)F. The highest BCUT2D eigenvalue weighted by Crippen LogP contribution is 2.16. The molecule has 0 rings (SSSR count). The molecule has 0 amide bonds. The van der Waals surface area contributed by atoms with Gasteiger partial charge in [-0.15, -0.1) is 11.8 Å². The van der Waals surface area contributed by atoms with E-state index >= 15 is 0 Å². The van der Waals surface area contributed by atoms with Gasteiger partial charge in [0, 0.05) is 4.20 Å². The van der Waals surface area contributed by atoms with Crippen molar-refractivity contribution in [3.8, 4) is 0 Å². The third kappa shape index (κ3) is 10.6. The van der Waals surface area contributed by atoms with Gasteiger partial charge in [-0.3, -0.25) is 0 Å². The summed E-state index contributed by atoms with van der Waals surface area (Å²) in [6, 6.07) is 0.766. The van der Waals surface area contributed by atoms with E-state index in [0.29, 0.717) is 0 Å². The van der Waals surface area contributed by atoms with Crippen LogP contribution in [0.25, 0.3) is 0 Å². The molecule has 0 spiro atoms. The minimum Gasteiger partial charge on any atom is -0.314 e. The zero-order chi connectivity index (χ0) is 8.91. The highest BCUT2D eigenvalue weighted by atomic mass is 32.2. The third-order valence-electron chi connectivity index (χ3n) is 1.22. The normalized spacial score (nSPS) is 11.6. The van der Waals surface area contributed by atoms with Gasteiger partial charge < -0.3 is 4.11 Å². The van der Waals surface area contributed by atoms with Crippen molar-refractivity contribution < 1.29 is 4.11 Å². The average molecular weight is 210 g/mol. The van der Waals surface area contributed by atoms with Crippen molar-refractivity contribution in [1.82, 2.24) is 0 Å². The lowest BCUT2D eigenvalue weighted by molar-refractivity contribution is 0.776. The van der Waals surface area contributed by atoms with E-state index in [4.69, 9.17) is 12.2 Å². The Bertz CT molecular complexity index is 131. The Morgan fingerprint density at radius 3 is 2.45 bits per heavy atom. The van der Waals surface area contributed by atoms with Crippen molar-refractivity contribution >= 4 is 36.6 Å². The molecule has 0 bridgehead atoms. The standard InChI is InChI=1S/C7H15FS2Si/c1-7(9)10-5-4-6-11(2,3)8/h4-6H2,1-3H3. The van der Waals surface area contributed by atoms with Crippen LogP contribution in [0.15, 0.2) is 0 Å². The van der Waals surface area contributed by atoms with Gasteiger partial charge in [0.1, 0.15) is 0 Å². The van der Waals surface area contributed by atoms with E-state index in [1.807, 2.05) is 6.92 Å². The van der Waals surface area contributed by atoms with E-state index in [0.717, 1.165) is 22.4 Å². The molecule has 0 aliphatic rings. The maximum absolute atomic E-state index is 13.0. The van der Waals surface area contributed by atoms with Gasteiger partial charge in [-0.25, -0.2) is 0 Å². The monoisotopic (exact) mass is 210 g/mol. The van der Waals surface area contributed by atoms with Gasteiger partial charge in [0.05, 0.1) is 0 Å². The average Bonchev–Trinajstić information content (AvgIpc) is 1.78. The van der Waals surface area contributed by atoms with Crippen LogP contribution in [0.3, 0.4) is 0 Å². The van der Waals surface area contributed by atoms with Crippen LogP contribution in [0.1, 0.15) is 13.3 Å². The highest BCUT2D eigenvalue weighted by molar-refractivity contribution is 8.23. The molecule has 4 heteroatoms. The Balaban J connectivity index is 3.22. The molecule has 0 aromatic rings. The van der Waals surface area contributed by atoms with Crippen LogP contribution in [0.4, 0.5) is 4.11 Å². The smallest absolute Gasteiger partial charge is 0.241 e. The summed E-state index contributed by atoms with van der Waals surface area (Å²) < 4.78 is 14.0. The lowest BCUT2D eigenvalue weighted by Gasteiger charge is -2.09. The number of rotatable bonds is 4. The molecule has 0 saturated heterocycles. The molecule has 11 heavy (non-hydrogen) atoms. The number of thioether (sulfide) groups is 1. The largest absolute Gasteiger partial charge is 0.314 e. The predicted octanol–water partition coefficient (Wildman–Crippen LogP) is 3.63. The second-order valence-electron chi connectivity index (χ2n) is 3.16. The molecular formula is C7H15FS2Si. The van der Waals surface area contributed by atoms with Crippen LogP contribution in [0.5, 0.6) is 0 Å². The van der Waals surface area contributed by atoms with E-state index < -0.39 is 8.41 Å². The molecule has 0 saturated carbocycles. The highest BCUT2D eigenvalue weighted by Gasteiger charge is 2.18. The topological polar surface area (TPSA) is 0 Å². The zero-order valence-corrected chi connectivity index (χ0v) is 9.95. The first-order valence-corrected chi connectivity index (χ1v) is 8.22. The molecule has 0 N–H and O–H groups in total. The Hall–Kier alpha value is 0.587. The molecule has 0 nitrogen and oxygen atoms in total. The van der Waals surface area contributed by atoms with Crippen molar-refractivity contribution in [1.29, 1.82) is 0 Å². The summed E-state index contributed by atoms with van der Waals surface area (Å²) in [4.78, 5) is 0. The molecule has 0 radical (unpaired) electrons. The van der Waals surface area contributed by atoms with Crippen LogP contribution in [-0.2, 0) is 0 Å². The van der Waals surface area contributed by atoms with E-state index in [1.54, 1.807) is 24.9 Å². The maximum atomic E-state index is 13.0. The molecule has 0 fully saturated rings. The Kier molecular flexibility index (Phi) is 5.55. The lowest BCUT2D eigenvalue weighted by atomic mass is 10.6. The molecule has 0 aromatic carbocycles. The minimum absolute atomic E-state index is 0.766. The fourth-order valence-electron chi connectivity index (χ4n) is 0.708. The van der Waals surface area contributed by atoms with E-state index in [9.17, 15) is 4.11 Å². The quantitative estimate of drug-likeness (QED) is 0.301. The van der Waals surface area contributed by atoms with Crippen LogP contribution < -0.4 is 0 Å². The molecular weight excluding hydrogens is 195 g/mol. The fourth-order valence-corrected chi connectivity index (χ4v) is 2.81. The number of thiocarbonyl (C=S) groups is 1. The van der Waals surface area contributed by atoms with Crippen LogP contribution >= 0.6 is 24.0 Å². The summed E-state index contributed by atoms with van der Waals surface area (Å²) >= 11 is 6.54. The summed E-state index contributed by atoms with van der Waals surface area (Å²) in [6.45, 7) is 5.42. The molecule has 0 atom stereocenters. The van der Waals surface area contributed by atoms with Gasteiger partial charge >= 0.3 is 0 Å². The zero-order valence-electron chi connectivity index (χ0n) is 7.32. The van der Waals surface area contributed by atoms with Crippen molar-refractivity contribution in [3.05, 3.63) is 0 Å². The van der Waals surface area contributed by atoms with Crippen LogP contribution in [0.2, 0.25) is 19.1 Å². The summed E-state index contributed by atoms with van der Waals surface area (Å²) in [7, 11) is -2.29. The second-order valence-corrected chi connectivity index (χ2v) is 9.28. The number of halogens is 1. The first-order valence-electron chi connectivity index (χ1n) is 3.74. The second kappa shape index (κ2) is 5.27. The fraction of sp³-hybridized carbons (Fsp3) is 0.857. The van der Waals surface area contributed by atoms with Gasteiger partial charge in [0.25, 0.3) is 0 Å². The summed E-state index contributed by atoms with van der Waals surface area (Å²) in [5.74, 6) is 0.982. The summed E-state index contributed by atoms with van der Waals surface area (Å²) in [6.07, 6.45) is 0.967. The Morgan fingerprint density at radius 1 is 1.55 bits per heavy atom. The number of hydrogen-bond acceptors (Lipinski definition) is 2. The van der Waals surface area contributed by atoms with Crippen molar-refractivity contribution in [2.24, 2.45) is 0 Å². The van der Waals surface area contributed by atoms with Gasteiger partial charge in [-0.2, -0.15) is 0 Å². The summed E-state index contributed by atoms with van der Waals surface area (Å²) in [5, 5.41) is 0. The third-order valence-corrected chi connectivity index (χ3v) is 4.02. The van der Waals surface area contributed by atoms with E-state index in [2.05, 4.69) is 0 Å². The van der Waals surface area contributed by atoms with Gasteiger partial charge in [0.2, 0.25) is 8.41 Å². The minimum atomic E-state index is -2.29. The molecule has 0 aliphatic carbocycles. The Labute approximate surface area is 79.1 Å². The van der Waals surface area contributed by atoms with E-state index in [-0.39, 0.29) is 0 Å². The van der Waals surface area contributed by atoms with Gasteiger partial charge in [0.15, 0.2) is 0 Å². The van der Waals surface area contributed by atoms with Crippen LogP contribution in [-0.4, -0.2) is 18.4 Å². The molecule has 0 heterocycles. The molecule has 0 aromatic heterocycles. The van der Waals surface area contributed by atoms with Gasteiger partial charge in [-0.1, -0.05) is 12.2 Å². The molecule has 0 aliphatic heterocycles. The van der Waals surface area contributed by atoms with Crippen molar-refractivity contribution in [2.75, 3.05) is 5.75 Å². The summed E-state index contributed by atoms with van der Waals surface area (Å²) in [5.41, 5.74) is 0. The van der Waals surface area contributed by atoms with Crippen LogP contribution in [0, 0.1) is 0 Å². The van der Waals surface area contributed by atoms with Crippen molar-refractivity contribution in [3.63, 3.8) is 0 Å². The Morgan fingerprint density at radius 2 is 2.09 bits per heavy atom. The van der Waals surface area contributed by atoms with Crippen molar-refractivity contribution in [2.45, 2.75) is 32.5 Å². The predicted molar refractivity (Wildman–Crippen MR) is 58.7 cm³/mol. The maximum Gasteiger partial charge on any atom is 0.241 e. The number of hydrogen-bond donors (Lipinski definition) is 0.